The number of piperazine rings is 1. The maximum absolute atomic E-state index is 4.73. The SMILES string of the molecule is Cc1nn(-c2ccccn2)c(C)c1N1CCN(Cc2ccccn2)CC1. The molecule has 6 nitrogen and oxygen atoms in total. The molecule has 1 fully saturated rings. The van der Waals surface area contributed by atoms with Gasteiger partial charge in [-0.3, -0.25) is 9.88 Å². The molecule has 0 aliphatic carbocycles. The van der Waals surface area contributed by atoms with Crippen molar-refractivity contribution in [1.29, 1.82) is 0 Å². The van der Waals surface area contributed by atoms with Crippen LogP contribution >= 0.6 is 0 Å². The van der Waals surface area contributed by atoms with E-state index in [4.69, 9.17) is 5.10 Å². The van der Waals surface area contributed by atoms with Gasteiger partial charge in [-0.05, 0) is 38.1 Å². The fourth-order valence-electron chi connectivity index (χ4n) is 3.64. The molecule has 1 aliphatic rings. The predicted molar refractivity (Wildman–Crippen MR) is 103 cm³/mol. The molecule has 0 bridgehead atoms. The summed E-state index contributed by atoms with van der Waals surface area (Å²) in [7, 11) is 0. The van der Waals surface area contributed by atoms with E-state index in [2.05, 4.69) is 45.7 Å². The van der Waals surface area contributed by atoms with Gasteiger partial charge in [0.25, 0.3) is 0 Å². The standard InChI is InChI=1S/C20H24N6/c1-16-20(17(2)26(23-16)19-8-4-6-10-22-19)25-13-11-24(12-14-25)15-18-7-3-5-9-21-18/h3-10H,11-15H2,1-2H3. The highest BCUT2D eigenvalue weighted by Gasteiger charge is 2.23. The van der Waals surface area contributed by atoms with Gasteiger partial charge in [-0.1, -0.05) is 12.1 Å². The monoisotopic (exact) mass is 348 g/mol. The molecule has 0 unspecified atom stereocenters. The third kappa shape index (κ3) is 3.32. The van der Waals surface area contributed by atoms with Crippen molar-refractivity contribution < 1.29 is 0 Å². The summed E-state index contributed by atoms with van der Waals surface area (Å²) in [5, 5.41) is 4.73. The highest BCUT2D eigenvalue weighted by Crippen LogP contribution is 2.27. The number of pyridine rings is 2. The molecule has 4 rings (SSSR count). The van der Waals surface area contributed by atoms with Crippen molar-refractivity contribution in [3.8, 4) is 5.82 Å². The first-order valence-electron chi connectivity index (χ1n) is 9.07. The van der Waals surface area contributed by atoms with Crippen LogP contribution in [0.1, 0.15) is 17.1 Å². The molecular weight excluding hydrogens is 324 g/mol. The Morgan fingerprint density at radius 1 is 0.885 bits per heavy atom. The van der Waals surface area contributed by atoms with Crippen molar-refractivity contribution in [1.82, 2.24) is 24.6 Å². The van der Waals surface area contributed by atoms with E-state index in [0.717, 1.165) is 55.6 Å². The second-order valence-electron chi connectivity index (χ2n) is 6.70. The minimum atomic E-state index is 0.869. The van der Waals surface area contributed by atoms with E-state index >= 15 is 0 Å². The maximum Gasteiger partial charge on any atom is 0.153 e. The lowest BCUT2D eigenvalue weighted by Crippen LogP contribution is -2.46. The summed E-state index contributed by atoms with van der Waals surface area (Å²) >= 11 is 0. The average Bonchev–Trinajstić information content (AvgIpc) is 2.98. The fourth-order valence-corrected chi connectivity index (χ4v) is 3.64. The van der Waals surface area contributed by atoms with Crippen LogP contribution in [0.15, 0.2) is 48.8 Å². The number of hydrogen-bond acceptors (Lipinski definition) is 5. The van der Waals surface area contributed by atoms with E-state index in [1.807, 2.05) is 41.3 Å². The van der Waals surface area contributed by atoms with Gasteiger partial charge in [0.2, 0.25) is 0 Å². The summed E-state index contributed by atoms with van der Waals surface area (Å²) in [4.78, 5) is 13.8. The summed E-state index contributed by atoms with van der Waals surface area (Å²) < 4.78 is 1.95. The Kier molecular flexibility index (Phi) is 4.67. The maximum atomic E-state index is 4.73. The first-order valence-corrected chi connectivity index (χ1v) is 9.07. The Morgan fingerprint density at radius 2 is 1.62 bits per heavy atom. The zero-order chi connectivity index (χ0) is 17.9. The highest BCUT2D eigenvalue weighted by atomic mass is 15.4. The van der Waals surface area contributed by atoms with Crippen LogP contribution in [-0.2, 0) is 6.54 Å². The Bertz CT molecular complexity index is 851. The van der Waals surface area contributed by atoms with E-state index in [1.165, 1.54) is 5.69 Å². The van der Waals surface area contributed by atoms with E-state index in [1.54, 1.807) is 0 Å². The molecular formula is C20H24N6. The number of hydrogen-bond donors (Lipinski definition) is 0. The Morgan fingerprint density at radius 3 is 2.27 bits per heavy atom. The molecule has 3 aromatic rings. The van der Waals surface area contributed by atoms with Gasteiger partial charge in [0.15, 0.2) is 5.82 Å². The van der Waals surface area contributed by atoms with Crippen molar-refractivity contribution in [2.24, 2.45) is 0 Å². The van der Waals surface area contributed by atoms with Crippen LogP contribution in [-0.4, -0.2) is 50.8 Å². The molecule has 1 saturated heterocycles. The third-order valence-electron chi connectivity index (χ3n) is 4.92. The van der Waals surface area contributed by atoms with Crippen LogP contribution in [0.4, 0.5) is 5.69 Å². The molecule has 26 heavy (non-hydrogen) atoms. The van der Waals surface area contributed by atoms with E-state index in [0.29, 0.717) is 0 Å². The average molecular weight is 348 g/mol. The molecule has 0 aromatic carbocycles. The van der Waals surface area contributed by atoms with Gasteiger partial charge in [-0.25, -0.2) is 9.67 Å². The molecule has 0 N–H and O–H groups in total. The number of rotatable bonds is 4. The van der Waals surface area contributed by atoms with Crippen LogP contribution in [0.25, 0.3) is 5.82 Å². The van der Waals surface area contributed by atoms with Gasteiger partial charge in [0.1, 0.15) is 0 Å². The van der Waals surface area contributed by atoms with E-state index < -0.39 is 0 Å². The highest BCUT2D eigenvalue weighted by molar-refractivity contribution is 5.56. The van der Waals surface area contributed by atoms with Gasteiger partial charge in [-0.15, -0.1) is 0 Å². The molecule has 0 radical (unpaired) electrons. The zero-order valence-corrected chi connectivity index (χ0v) is 15.3. The van der Waals surface area contributed by atoms with Crippen LogP contribution in [0.5, 0.6) is 0 Å². The normalized spacial score (nSPS) is 15.4. The molecule has 4 heterocycles. The Labute approximate surface area is 154 Å². The molecule has 1 aliphatic heterocycles. The molecule has 134 valence electrons. The Hall–Kier alpha value is -2.73. The Balaban J connectivity index is 1.47. The number of aromatic nitrogens is 4. The van der Waals surface area contributed by atoms with Crippen LogP contribution in [0.3, 0.4) is 0 Å². The van der Waals surface area contributed by atoms with Crippen molar-refractivity contribution >= 4 is 5.69 Å². The van der Waals surface area contributed by atoms with Gasteiger partial charge in [0.05, 0.1) is 22.8 Å². The molecule has 6 heteroatoms. The quantitative estimate of drug-likeness (QED) is 0.725. The van der Waals surface area contributed by atoms with E-state index in [9.17, 15) is 0 Å². The smallest absolute Gasteiger partial charge is 0.153 e. The zero-order valence-electron chi connectivity index (χ0n) is 15.3. The van der Waals surface area contributed by atoms with Gasteiger partial charge >= 0.3 is 0 Å². The van der Waals surface area contributed by atoms with Crippen LogP contribution < -0.4 is 4.90 Å². The molecule has 0 amide bonds. The summed E-state index contributed by atoms with van der Waals surface area (Å²) in [6.45, 7) is 9.20. The topological polar surface area (TPSA) is 50.1 Å². The minimum absolute atomic E-state index is 0.869. The van der Waals surface area contributed by atoms with Gasteiger partial charge < -0.3 is 4.90 Å². The second kappa shape index (κ2) is 7.25. The number of anilines is 1. The lowest BCUT2D eigenvalue weighted by Gasteiger charge is -2.36. The summed E-state index contributed by atoms with van der Waals surface area (Å²) in [5.74, 6) is 0.869. The summed E-state index contributed by atoms with van der Waals surface area (Å²) in [5.41, 5.74) is 4.59. The summed E-state index contributed by atoms with van der Waals surface area (Å²) in [6.07, 6.45) is 3.67. The molecule has 0 spiro atoms. The van der Waals surface area contributed by atoms with Gasteiger partial charge in [0, 0.05) is 45.1 Å². The van der Waals surface area contributed by atoms with Crippen molar-refractivity contribution in [2.45, 2.75) is 20.4 Å². The second-order valence-corrected chi connectivity index (χ2v) is 6.70. The van der Waals surface area contributed by atoms with Crippen molar-refractivity contribution in [3.05, 3.63) is 65.9 Å². The molecule has 0 atom stereocenters. The number of nitrogens with zero attached hydrogens (tertiary/aromatic N) is 6. The summed E-state index contributed by atoms with van der Waals surface area (Å²) in [6, 6.07) is 12.0. The minimum Gasteiger partial charge on any atom is -0.366 e. The predicted octanol–water partition coefficient (Wildman–Crippen LogP) is 2.60. The van der Waals surface area contributed by atoms with Crippen molar-refractivity contribution in [3.63, 3.8) is 0 Å². The lowest BCUT2D eigenvalue weighted by atomic mass is 10.2. The fraction of sp³-hybridized carbons (Fsp3) is 0.350. The van der Waals surface area contributed by atoms with Crippen LogP contribution in [0.2, 0.25) is 0 Å². The number of aryl methyl sites for hydroxylation is 1. The van der Waals surface area contributed by atoms with Crippen molar-refractivity contribution in [2.75, 3.05) is 31.1 Å². The van der Waals surface area contributed by atoms with E-state index in [-0.39, 0.29) is 0 Å². The first kappa shape index (κ1) is 16.7. The van der Waals surface area contributed by atoms with Gasteiger partial charge in [-0.2, -0.15) is 5.10 Å². The molecule has 0 saturated carbocycles. The third-order valence-corrected chi connectivity index (χ3v) is 4.92. The largest absolute Gasteiger partial charge is 0.366 e. The first-order chi connectivity index (χ1) is 12.7. The molecule has 3 aromatic heterocycles. The van der Waals surface area contributed by atoms with Crippen LogP contribution in [0, 0.1) is 13.8 Å². The lowest BCUT2D eigenvalue weighted by molar-refractivity contribution is 0.247.